The topological polar surface area (TPSA) is 81.9 Å². The van der Waals surface area contributed by atoms with Crippen LogP contribution in [0.4, 0.5) is 0 Å². The summed E-state index contributed by atoms with van der Waals surface area (Å²) in [4.78, 5) is 17.2. The van der Waals surface area contributed by atoms with Crippen molar-refractivity contribution in [2.24, 2.45) is 0 Å². The summed E-state index contributed by atoms with van der Waals surface area (Å²) in [5.74, 6) is 0.631. The maximum atomic E-state index is 12.6. The van der Waals surface area contributed by atoms with Crippen LogP contribution in [-0.2, 0) is 4.74 Å². The van der Waals surface area contributed by atoms with Crippen molar-refractivity contribution in [2.45, 2.75) is 32.3 Å². The van der Waals surface area contributed by atoms with Gasteiger partial charge in [-0.2, -0.15) is 0 Å². The van der Waals surface area contributed by atoms with E-state index in [0.717, 1.165) is 48.4 Å². The lowest BCUT2D eigenvalue weighted by atomic mass is 10.0. The number of hydrogen-bond donors (Lipinski definition) is 1. The van der Waals surface area contributed by atoms with Gasteiger partial charge in [-0.3, -0.25) is 9.36 Å². The summed E-state index contributed by atoms with van der Waals surface area (Å²) in [6.07, 6.45) is 8.40. The van der Waals surface area contributed by atoms with Crippen LogP contribution >= 0.6 is 0 Å². The van der Waals surface area contributed by atoms with Gasteiger partial charge in [0.25, 0.3) is 5.91 Å². The normalized spacial score (nSPS) is 16.7. The minimum atomic E-state index is -0.0949. The second kappa shape index (κ2) is 8.31. The van der Waals surface area contributed by atoms with Gasteiger partial charge in [-0.1, -0.05) is 12.1 Å². The minimum Gasteiger partial charge on any atom is -0.376 e. The molecule has 1 saturated heterocycles. The van der Waals surface area contributed by atoms with Gasteiger partial charge in [-0.25, -0.2) is 4.98 Å². The molecule has 1 unspecified atom stereocenters. The number of benzene rings is 1. The Labute approximate surface area is 163 Å². The summed E-state index contributed by atoms with van der Waals surface area (Å²) in [5.41, 5.74) is 3.49. The lowest BCUT2D eigenvalue weighted by Crippen LogP contribution is -2.35. The molecule has 7 heteroatoms. The second-order valence-electron chi connectivity index (χ2n) is 7.03. The predicted octanol–water partition coefficient (Wildman–Crippen LogP) is 2.94. The fourth-order valence-electron chi connectivity index (χ4n) is 3.40. The second-order valence-corrected chi connectivity index (χ2v) is 7.03. The number of rotatable bonds is 5. The molecule has 1 atom stereocenters. The molecule has 1 fully saturated rings. The average molecular weight is 377 g/mol. The molecule has 0 radical (unpaired) electrons. The molecule has 1 aliphatic rings. The highest BCUT2D eigenvalue weighted by molar-refractivity contribution is 5.95. The van der Waals surface area contributed by atoms with E-state index in [9.17, 15) is 4.79 Å². The van der Waals surface area contributed by atoms with Gasteiger partial charge in [0.05, 0.1) is 6.10 Å². The lowest BCUT2D eigenvalue weighted by molar-refractivity contribution is 0.0169. The highest BCUT2D eigenvalue weighted by Crippen LogP contribution is 2.27. The molecule has 1 N–H and O–H groups in total. The molecule has 3 heterocycles. The molecule has 2 aromatic heterocycles. The van der Waals surface area contributed by atoms with Crippen molar-refractivity contribution < 1.29 is 9.53 Å². The Bertz CT molecular complexity index is 949. The Kier molecular flexibility index (Phi) is 5.43. The number of nitrogens with one attached hydrogen (secondary N) is 1. The Balaban J connectivity index is 1.57. The van der Waals surface area contributed by atoms with Crippen LogP contribution in [0, 0.1) is 6.92 Å². The predicted molar refractivity (Wildman–Crippen MR) is 105 cm³/mol. The van der Waals surface area contributed by atoms with E-state index in [2.05, 4.69) is 26.6 Å². The standard InChI is InChI=1S/C21H23N5O2/c1-15-9-19(20(22-11-15)26-13-24-25-14-26)16-5-4-6-17(10-16)21(27)23-12-18-7-2-3-8-28-18/h4-6,9-11,13-14,18H,2-3,7-8,12H2,1H3,(H,23,27). The zero-order valence-corrected chi connectivity index (χ0v) is 15.8. The minimum absolute atomic E-state index is 0.0949. The largest absolute Gasteiger partial charge is 0.376 e. The first-order valence-corrected chi connectivity index (χ1v) is 9.52. The van der Waals surface area contributed by atoms with E-state index in [0.29, 0.717) is 12.1 Å². The molecule has 0 aliphatic carbocycles. The molecular weight excluding hydrogens is 354 g/mol. The quantitative estimate of drug-likeness (QED) is 0.739. The Morgan fingerprint density at radius 3 is 2.89 bits per heavy atom. The number of carbonyl (C=O) groups excluding carboxylic acids is 1. The Morgan fingerprint density at radius 1 is 1.25 bits per heavy atom. The highest BCUT2D eigenvalue weighted by Gasteiger charge is 2.16. The number of hydrogen-bond acceptors (Lipinski definition) is 5. The highest BCUT2D eigenvalue weighted by atomic mass is 16.5. The van der Waals surface area contributed by atoms with Gasteiger partial charge in [0.15, 0.2) is 0 Å². The van der Waals surface area contributed by atoms with Crippen LogP contribution in [0.3, 0.4) is 0 Å². The number of aromatic nitrogens is 4. The summed E-state index contributed by atoms with van der Waals surface area (Å²) >= 11 is 0. The van der Waals surface area contributed by atoms with Crippen molar-refractivity contribution in [3.8, 4) is 16.9 Å². The van der Waals surface area contributed by atoms with Crippen LogP contribution in [0.1, 0.15) is 35.2 Å². The molecule has 4 rings (SSSR count). The van der Waals surface area contributed by atoms with Gasteiger partial charge in [-0.05, 0) is 55.5 Å². The molecule has 0 bridgehead atoms. The van der Waals surface area contributed by atoms with Crippen LogP contribution < -0.4 is 5.32 Å². The smallest absolute Gasteiger partial charge is 0.251 e. The van der Waals surface area contributed by atoms with E-state index in [-0.39, 0.29) is 12.0 Å². The molecule has 1 aromatic carbocycles. The molecule has 1 aliphatic heterocycles. The van der Waals surface area contributed by atoms with Crippen molar-refractivity contribution >= 4 is 5.91 Å². The first-order valence-electron chi connectivity index (χ1n) is 9.52. The van der Waals surface area contributed by atoms with Gasteiger partial charge in [0.2, 0.25) is 0 Å². The monoisotopic (exact) mass is 377 g/mol. The molecule has 28 heavy (non-hydrogen) atoms. The summed E-state index contributed by atoms with van der Waals surface area (Å²) in [6.45, 7) is 3.32. The molecule has 1 amide bonds. The maximum Gasteiger partial charge on any atom is 0.251 e. The van der Waals surface area contributed by atoms with Crippen molar-refractivity contribution in [1.29, 1.82) is 0 Å². The van der Waals surface area contributed by atoms with Gasteiger partial charge in [0, 0.05) is 30.5 Å². The number of pyridine rings is 1. The number of ether oxygens (including phenoxy) is 1. The van der Waals surface area contributed by atoms with E-state index in [1.54, 1.807) is 23.4 Å². The van der Waals surface area contributed by atoms with Crippen molar-refractivity contribution in [3.63, 3.8) is 0 Å². The van der Waals surface area contributed by atoms with E-state index < -0.39 is 0 Å². The van der Waals surface area contributed by atoms with E-state index >= 15 is 0 Å². The number of aryl methyl sites for hydroxylation is 1. The fourth-order valence-corrected chi connectivity index (χ4v) is 3.40. The van der Waals surface area contributed by atoms with Crippen molar-refractivity contribution in [2.75, 3.05) is 13.2 Å². The third kappa shape index (κ3) is 4.09. The van der Waals surface area contributed by atoms with Crippen molar-refractivity contribution in [1.82, 2.24) is 25.1 Å². The summed E-state index contributed by atoms with van der Waals surface area (Å²) in [6, 6.07) is 9.63. The lowest BCUT2D eigenvalue weighted by Gasteiger charge is -2.22. The van der Waals surface area contributed by atoms with Crippen LogP contribution in [-0.4, -0.2) is 44.9 Å². The van der Waals surface area contributed by atoms with Gasteiger partial charge >= 0.3 is 0 Å². The zero-order chi connectivity index (χ0) is 19.3. The van der Waals surface area contributed by atoms with E-state index in [4.69, 9.17) is 4.74 Å². The molecule has 0 spiro atoms. The van der Waals surface area contributed by atoms with E-state index in [1.165, 1.54) is 0 Å². The van der Waals surface area contributed by atoms with Crippen molar-refractivity contribution in [3.05, 3.63) is 60.3 Å². The number of carbonyl (C=O) groups is 1. The van der Waals surface area contributed by atoms with Crippen LogP contribution in [0.2, 0.25) is 0 Å². The molecule has 0 saturated carbocycles. The third-order valence-electron chi connectivity index (χ3n) is 4.87. The first kappa shape index (κ1) is 18.3. The van der Waals surface area contributed by atoms with Gasteiger partial charge in [0.1, 0.15) is 18.5 Å². The molecule has 144 valence electrons. The van der Waals surface area contributed by atoms with Gasteiger partial charge < -0.3 is 10.1 Å². The molecule has 7 nitrogen and oxygen atoms in total. The Morgan fingerprint density at radius 2 is 2.11 bits per heavy atom. The molecule has 3 aromatic rings. The van der Waals surface area contributed by atoms with Crippen LogP contribution in [0.25, 0.3) is 16.9 Å². The van der Waals surface area contributed by atoms with Crippen LogP contribution in [0.5, 0.6) is 0 Å². The fraction of sp³-hybridized carbons (Fsp3) is 0.333. The molecular formula is C21H23N5O2. The van der Waals surface area contributed by atoms with Crippen LogP contribution in [0.15, 0.2) is 49.2 Å². The summed E-state index contributed by atoms with van der Waals surface area (Å²) in [7, 11) is 0. The zero-order valence-electron chi connectivity index (χ0n) is 15.8. The summed E-state index contributed by atoms with van der Waals surface area (Å²) < 4.78 is 7.46. The summed E-state index contributed by atoms with van der Waals surface area (Å²) in [5, 5.41) is 10.7. The Hall–Kier alpha value is -3.06. The SMILES string of the molecule is Cc1cnc(-n2cnnc2)c(-c2cccc(C(=O)NCC3CCCCO3)c2)c1. The number of nitrogens with zero attached hydrogens (tertiary/aromatic N) is 4. The van der Waals surface area contributed by atoms with Gasteiger partial charge in [-0.15, -0.1) is 10.2 Å². The third-order valence-corrected chi connectivity index (χ3v) is 4.87. The number of amides is 1. The average Bonchev–Trinajstić information content (AvgIpc) is 3.27. The maximum absolute atomic E-state index is 12.6. The first-order chi connectivity index (χ1) is 13.7. The van der Waals surface area contributed by atoms with E-state index in [1.807, 2.05) is 31.2 Å².